The van der Waals surface area contributed by atoms with Crippen molar-refractivity contribution in [3.05, 3.63) is 89.5 Å². The Bertz CT molecular complexity index is 1280. The van der Waals surface area contributed by atoms with Crippen molar-refractivity contribution in [1.29, 1.82) is 0 Å². The summed E-state index contributed by atoms with van der Waals surface area (Å²) in [4.78, 5) is 24.7. The van der Waals surface area contributed by atoms with Gasteiger partial charge < -0.3 is 20.1 Å². The lowest BCUT2D eigenvalue weighted by Crippen LogP contribution is -2.25. The van der Waals surface area contributed by atoms with Crippen LogP contribution in [0, 0.1) is 0 Å². The van der Waals surface area contributed by atoms with Crippen molar-refractivity contribution in [2.45, 2.75) is 12.3 Å². The zero-order valence-electron chi connectivity index (χ0n) is 19.4. The Hall–Kier alpha value is -3.89. The van der Waals surface area contributed by atoms with Gasteiger partial charge in [0.1, 0.15) is 11.5 Å². The Labute approximate surface area is 204 Å². The van der Waals surface area contributed by atoms with Crippen LogP contribution in [0.2, 0.25) is 0 Å². The number of amides is 2. The highest BCUT2D eigenvalue weighted by molar-refractivity contribution is 7.88. The number of sulfonamides is 1. The molecule has 0 saturated carbocycles. The summed E-state index contributed by atoms with van der Waals surface area (Å²) in [7, 11) is -0.526. The molecule has 0 radical (unpaired) electrons. The number of nitrogens with one attached hydrogen (secondary N) is 3. The van der Waals surface area contributed by atoms with Gasteiger partial charge in [-0.15, -0.1) is 0 Å². The fourth-order valence-corrected chi connectivity index (χ4v) is 4.01. The quantitative estimate of drug-likeness (QED) is 0.374. The molecular formula is C25H27N3O6S. The maximum atomic E-state index is 12.5. The zero-order valence-corrected chi connectivity index (χ0v) is 20.2. The molecule has 184 valence electrons. The van der Waals surface area contributed by atoms with Gasteiger partial charge in [0.15, 0.2) is 6.61 Å². The average molecular weight is 498 g/mol. The van der Waals surface area contributed by atoms with Gasteiger partial charge in [0.25, 0.3) is 11.8 Å². The first-order valence-corrected chi connectivity index (χ1v) is 12.4. The van der Waals surface area contributed by atoms with E-state index in [0.29, 0.717) is 33.9 Å². The Morgan fingerprint density at radius 3 is 2.29 bits per heavy atom. The number of anilines is 1. The number of hydrogen-bond acceptors (Lipinski definition) is 6. The molecule has 0 aliphatic carbocycles. The van der Waals surface area contributed by atoms with E-state index in [4.69, 9.17) is 9.47 Å². The third-order valence-electron chi connectivity index (χ3n) is 5.05. The lowest BCUT2D eigenvalue weighted by molar-refractivity contribution is -0.118. The molecule has 3 aromatic rings. The molecule has 0 aliphatic rings. The molecule has 0 unspecified atom stereocenters. The second-order valence-corrected chi connectivity index (χ2v) is 9.43. The van der Waals surface area contributed by atoms with Crippen molar-refractivity contribution in [2.75, 3.05) is 26.1 Å². The van der Waals surface area contributed by atoms with Crippen molar-refractivity contribution < 1.29 is 27.5 Å². The summed E-state index contributed by atoms with van der Waals surface area (Å²) in [6, 6.07) is 20.4. The SMILES string of the molecule is CNS(=O)(=O)Cc1ccccc1CNC(=O)c1ccc(OCC(=O)Nc2cccc(OC)c2)cc1. The minimum absolute atomic E-state index is 0.174. The molecule has 35 heavy (non-hydrogen) atoms. The fourth-order valence-electron chi connectivity index (χ4n) is 3.17. The predicted molar refractivity (Wildman–Crippen MR) is 133 cm³/mol. The largest absolute Gasteiger partial charge is 0.497 e. The van der Waals surface area contributed by atoms with Gasteiger partial charge in [0, 0.05) is 23.9 Å². The van der Waals surface area contributed by atoms with Crippen molar-refractivity contribution >= 4 is 27.5 Å². The van der Waals surface area contributed by atoms with Gasteiger partial charge in [-0.2, -0.15) is 0 Å². The van der Waals surface area contributed by atoms with E-state index in [2.05, 4.69) is 15.4 Å². The standard InChI is InChI=1S/C25H27N3O6S/c1-26-35(31,32)17-20-7-4-3-6-19(20)15-27-25(30)18-10-12-22(13-11-18)34-16-24(29)28-21-8-5-9-23(14-21)33-2/h3-14,26H,15-17H2,1-2H3,(H,27,30)(H,28,29). The summed E-state index contributed by atoms with van der Waals surface area (Å²) in [5.41, 5.74) is 2.31. The minimum Gasteiger partial charge on any atom is -0.497 e. The van der Waals surface area contributed by atoms with E-state index in [1.54, 1.807) is 79.9 Å². The van der Waals surface area contributed by atoms with Gasteiger partial charge in [-0.05, 0) is 54.6 Å². The van der Waals surface area contributed by atoms with Crippen molar-refractivity contribution in [2.24, 2.45) is 0 Å². The van der Waals surface area contributed by atoms with E-state index in [1.807, 2.05) is 0 Å². The molecule has 0 spiro atoms. The molecule has 0 fully saturated rings. The molecule has 3 N–H and O–H groups in total. The number of carbonyl (C=O) groups excluding carboxylic acids is 2. The van der Waals surface area contributed by atoms with Crippen LogP contribution in [0.1, 0.15) is 21.5 Å². The summed E-state index contributed by atoms with van der Waals surface area (Å²) in [6.07, 6.45) is 0. The maximum absolute atomic E-state index is 12.5. The number of ether oxygens (including phenoxy) is 2. The molecule has 9 nitrogen and oxygen atoms in total. The third-order valence-corrected chi connectivity index (χ3v) is 6.37. The van der Waals surface area contributed by atoms with E-state index in [1.165, 1.54) is 7.05 Å². The first-order valence-electron chi connectivity index (χ1n) is 10.7. The van der Waals surface area contributed by atoms with E-state index < -0.39 is 10.0 Å². The van der Waals surface area contributed by atoms with Crippen molar-refractivity contribution in [1.82, 2.24) is 10.0 Å². The van der Waals surface area contributed by atoms with Crippen molar-refractivity contribution in [3.63, 3.8) is 0 Å². The lowest BCUT2D eigenvalue weighted by Gasteiger charge is -2.11. The lowest BCUT2D eigenvalue weighted by atomic mass is 10.1. The highest BCUT2D eigenvalue weighted by atomic mass is 32.2. The van der Waals surface area contributed by atoms with E-state index in [-0.39, 0.29) is 30.7 Å². The monoisotopic (exact) mass is 497 g/mol. The molecule has 10 heteroatoms. The zero-order chi connectivity index (χ0) is 25.3. The summed E-state index contributed by atoms with van der Waals surface area (Å²) in [5, 5.41) is 5.52. The topological polar surface area (TPSA) is 123 Å². The first kappa shape index (κ1) is 25.7. The van der Waals surface area contributed by atoms with Crippen LogP contribution in [0.25, 0.3) is 0 Å². The van der Waals surface area contributed by atoms with Gasteiger partial charge in [-0.3, -0.25) is 9.59 Å². The van der Waals surface area contributed by atoms with Crippen LogP contribution in [-0.2, 0) is 27.1 Å². The number of methoxy groups -OCH3 is 1. The van der Waals surface area contributed by atoms with Crippen LogP contribution in [0.4, 0.5) is 5.69 Å². The molecule has 3 rings (SSSR count). The van der Waals surface area contributed by atoms with Crippen LogP contribution in [0.15, 0.2) is 72.8 Å². The summed E-state index contributed by atoms with van der Waals surface area (Å²) < 4.78 is 36.7. The van der Waals surface area contributed by atoms with Gasteiger partial charge in [-0.1, -0.05) is 30.3 Å². The van der Waals surface area contributed by atoms with Crippen molar-refractivity contribution in [3.8, 4) is 11.5 Å². The molecule has 0 aromatic heterocycles. The molecule has 0 atom stereocenters. The molecule has 0 bridgehead atoms. The molecule has 0 heterocycles. The van der Waals surface area contributed by atoms with Gasteiger partial charge in [-0.25, -0.2) is 13.1 Å². The molecule has 3 aromatic carbocycles. The van der Waals surface area contributed by atoms with Crippen LogP contribution in [0.5, 0.6) is 11.5 Å². The van der Waals surface area contributed by atoms with Crippen LogP contribution in [0.3, 0.4) is 0 Å². The third kappa shape index (κ3) is 7.83. The summed E-state index contributed by atoms with van der Waals surface area (Å²) in [5.74, 6) is 0.235. The van der Waals surface area contributed by atoms with Crippen LogP contribution >= 0.6 is 0 Å². The smallest absolute Gasteiger partial charge is 0.262 e. The molecule has 0 saturated heterocycles. The molecular weight excluding hydrogens is 470 g/mol. The predicted octanol–water partition coefficient (Wildman–Crippen LogP) is 2.69. The van der Waals surface area contributed by atoms with Crippen LogP contribution in [-0.4, -0.2) is 41.0 Å². The normalized spacial score (nSPS) is 10.9. The minimum atomic E-state index is -3.43. The maximum Gasteiger partial charge on any atom is 0.262 e. The summed E-state index contributed by atoms with van der Waals surface area (Å²) >= 11 is 0. The first-order chi connectivity index (χ1) is 16.8. The Balaban J connectivity index is 1.52. The summed E-state index contributed by atoms with van der Waals surface area (Å²) in [6.45, 7) is -0.0218. The van der Waals surface area contributed by atoms with E-state index in [9.17, 15) is 18.0 Å². The van der Waals surface area contributed by atoms with Gasteiger partial charge in [0.2, 0.25) is 10.0 Å². The van der Waals surface area contributed by atoms with Crippen LogP contribution < -0.4 is 24.8 Å². The highest BCUT2D eigenvalue weighted by Gasteiger charge is 2.13. The Morgan fingerprint density at radius 1 is 0.886 bits per heavy atom. The second-order valence-electron chi connectivity index (χ2n) is 7.51. The number of rotatable bonds is 11. The van der Waals surface area contributed by atoms with Gasteiger partial charge in [0.05, 0.1) is 12.9 Å². The Morgan fingerprint density at radius 2 is 1.60 bits per heavy atom. The molecule has 0 aliphatic heterocycles. The number of hydrogen-bond donors (Lipinski definition) is 3. The highest BCUT2D eigenvalue weighted by Crippen LogP contribution is 2.17. The van der Waals surface area contributed by atoms with Gasteiger partial charge >= 0.3 is 0 Å². The second kappa shape index (κ2) is 12.0. The molecule has 2 amide bonds. The van der Waals surface area contributed by atoms with E-state index in [0.717, 1.165) is 0 Å². The fraction of sp³-hybridized carbons (Fsp3) is 0.200. The van der Waals surface area contributed by atoms with E-state index >= 15 is 0 Å². The average Bonchev–Trinajstić information content (AvgIpc) is 2.87. The number of carbonyl (C=O) groups is 2. The Kier molecular flexibility index (Phi) is 8.82. The number of benzene rings is 3.